The summed E-state index contributed by atoms with van der Waals surface area (Å²) in [6.07, 6.45) is 4.45. The molecule has 0 aromatic heterocycles. The molecule has 0 aliphatic heterocycles. The maximum atomic E-state index is 3.83. The third kappa shape index (κ3) is 2.52. The van der Waals surface area contributed by atoms with Gasteiger partial charge in [-0.3, -0.25) is 0 Å². The van der Waals surface area contributed by atoms with Crippen LogP contribution in [-0.2, 0) is 0 Å². The zero-order valence-electron chi connectivity index (χ0n) is 14.1. The van der Waals surface area contributed by atoms with Crippen LogP contribution >= 0.6 is 0 Å². The highest BCUT2D eigenvalue weighted by molar-refractivity contribution is 5.77. The first-order valence-electron chi connectivity index (χ1n) is 8.43. The fourth-order valence-corrected chi connectivity index (χ4v) is 3.54. The molecule has 118 valence electrons. The Balaban J connectivity index is 1.89. The average Bonchev–Trinajstić information content (AvgIpc) is 2.76. The van der Waals surface area contributed by atoms with Crippen molar-refractivity contribution in [1.82, 2.24) is 0 Å². The van der Waals surface area contributed by atoms with E-state index < -0.39 is 0 Å². The Morgan fingerprint density at radius 3 is 1.67 bits per heavy atom. The van der Waals surface area contributed by atoms with Gasteiger partial charge in [0.1, 0.15) is 0 Å². The highest BCUT2D eigenvalue weighted by atomic mass is 14.9. The zero-order chi connectivity index (χ0) is 16.5. The van der Waals surface area contributed by atoms with Crippen LogP contribution in [0.25, 0.3) is 12.2 Å². The van der Waals surface area contributed by atoms with Gasteiger partial charge in [0.15, 0.2) is 0 Å². The average molecular weight is 311 g/mol. The molecule has 0 unspecified atom stereocenters. The molecule has 0 saturated heterocycles. The first kappa shape index (κ1) is 14.8. The minimum Gasteiger partial charge on any atom is -0.374 e. The molecule has 1 aliphatic rings. The standard InChI is InChI=1S/C23H21N/c1-16-8-7-9-17(2)22(16)24-23-20-12-5-3-10-18(20)14-15-19-11-4-6-13-21(19)23/h3-15,23-24H,1-2H3. The fraction of sp³-hybridized carbons (Fsp3) is 0.130. The maximum Gasteiger partial charge on any atom is 0.0779 e. The van der Waals surface area contributed by atoms with Gasteiger partial charge in [0, 0.05) is 5.69 Å². The minimum absolute atomic E-state index is 0.146. The third-order valence-corrected chi connectivity index (χ3v) is 4.83. The highest BCUT2D eigenvalue weighted by Crippen LogP contribution is 2.36. The Hall–Kier alpha value is -2.80. The minimum atomic E-state index is 0.146. The largest absolute Gasteiger partial charge is 0.374 e. The number of hydrogen-bond acceptors (Lipinski definition) is 1. The molecule has 0 amide bonds. The first-order valence-corrected chi connectivity index (χ1v) is 8.43. The molecule has 1 nitrogen and oxygen atoms in total. The van der Waals surface area contributed by atoms with Gasteiger partial charge in [0.25, 0.3) is 0 Å². The summed E-state index contributed by atoms with van der Waals surface area (Å²) in [4.78, 5) is 0. The Morgan fingerprint density at radius 1 is 0.625 bits per heavy atom. The van der Waals surface area contributed by atoms with Gasteiger partial charge in [-0.15, -0.1) is 0 Å². The van der Waals surface area contributed by atoms with Crippen molar-refractivity contribution >= 4 is 17.8 Å². The number of aryl methyl sites for hydroxylation is 2. The van der Waals surface area contributed by atoms with Crippen LogP contribution < -0.4 is 5.32 Å². The number of nitrogens with one attached hydrogen (secondary N) is 1. The number of fused-ring (bicyclic) bond motifs is 2. The quantitative estimate of drug-likeness (QED) is 0.613. The molecule has 1 aliphatic carbocycles. The van der Waals surface area contributed by atoms with Crippen LogP contribution in [0.15, 0.2) is 66.7 Å². The summed E-state index contributed by atoms with van der Waals surface area (Å²) < 4.78 is 0. The third-order valence-electron chi connectivity index (χ3n) is 4.83. The second kappa shape index (κ2) is 6.01. The van der Waals surface area contributed by atoms with Crippen LogP contribution in [0.4, 0.5) is 5.69 Å². The molecule has 4 rings (SSSR count). The monoisotopic (exact) mass is 311 g/mol. The van der Waals surface area contributed by atoms with Gasteiger partial charge < -0.3 is 5.32 Å². The second-order valence-corrected chi connectivity index (χ2v) is 6.44. The van der Waals surface area contributed by atoms with Gasteiger partial charge in [-0.1, -0.05) is 78.9 Å². The molecule has 3 aromatic rings. The predicted molar refractivity (Wildman–Crippen MR) is 103 cm³/mol. The predicted octanol–water partition coefficient (Wildman–Crippen LogP) is 5.99. The van der Waals surface area contributed by atoms with Gasteiger partial charge in [0.2, 0.25) is 0 Å². The molecule has 1 heteroatoms. The van der Waals surface area contributed by atoms with E-state index in [1.54, 1.807) is 0 Å². The highest BCUT2D eigenvalue weighted by Gasteiger charge is 2.21. The van der Waals surface area contributed by atoms with Crippen molar-refractivity contribution in [1.29, 1.82) is 0 Å². The van der Waals surface area contributed by atoms with Gasteiger partial charge in [-0.2, -0.15) is 0 Å². The smallest absolute Gasteiger partial charge is 0.0779 e. The number of hydrogen-bond donors (Lipinski definition) is 1. The molecular weight excluding hydrogens is 290 g/mol. The topological polar surface area (TPSA) is 12.0 Å². The molecule has 0 atom stereocenters. The summed E-state index contributed by atoms with van der Waals surface area (Å²) in [5.74, 6) is 0. The number of benzene rings is 3. The van der Waals surface area contributed by atoms with E-state index in [0.29, 0.717) is 0 Å². The summed E-state index contributed by atoms with van der Waals surface area (Å²) >= 11 is 0. The second-order valence-electron chi connectivity index (χ2n) is 6.44. The van der Waals surface area contributed by atoms with Crippen LogP contribution in [0.5, 0.6) is 0 Å². The number of anilines is 1. The molecule has 0 radical (unpaired) electrons. The first-order chi connectivity index (χ1) is 11.7. The van der Waals surface area contributed by atoms with Crippen molar-refractivity contribution in [2.45, 2.75) is 19.9 Å². The Bertz CT molecular complexity index is 851. The SMILES string of the molecule is Cc1cccc(C)c1NC1c2ccccc2C=Cc2ccccc21. The summed E-state index contributed by atoms with van der Waals surface area (Å²) in [5, 5.41) is 3.83. The van der Waals surface area contributed by atoms with Crippen molar-refractivity contribution in [3.05, 3.63) is 100 Å². The van der Waals surface area contributed by atoms with Crippen molar-refractivity contribution < 1.29 is 0 Å². The van der Waals surface area contributed by atoms with E-state index in [2.05, 4.69) is 98.0 Å². The summed E-state index contributed by atoms with van der Waals surface area (Å²) in [7, 11) is 0. The van der Waals surface area contributed by atoms with Gasteiger partial charge in [-0.25, -0.2) is 0 Å². The van der Waals surface area contributed by atoms with Crippen LogP contribution in [0.1, 0.15) is 39.4 Å². The normalized spacial score (nSPS) is 13.1. The van der Waals surface area contributed by atoms with Crippen LogP contribution in [0.3, 0.4) is 0 Å². The van der Waals surface area contributed by atoms with E-state index in [9.17, 15) is 0 Å². The van der Waals surface area contributed by atoms with Crippen molar-refractivity contribution in [3.8, 4) is 0 Å². The molecule has 0 saturated carbocycles. The van der Waals surface area contributed by atoms with E-state index in [0.717, 1.165) is 0 Å². The van der Waals surface area contributed by atoms with E-state index in [-0.39, 0.29) is 6.04 Å². The van der Waals surface area contributed by atoms with Gasteiger partial charge in [0.05, 0.1) is 6.04 Å². The van der Waals surface area contributed by atoms with E-state index in [1.807, 2.05) is 0 Å². The maximum absolute atomic E-state index is 3.83. The Morgan fingerprint density at radius 2 is 1.12 bits per heavy atom. The van der Waals surface area contributed by atoms with E-state index in [1.165, 1.54) is 39.1 Å². The number of rotatable bonds is 2. The molecular formula is C23H21N. The Labute approximate surface area is 143 Å². The molecule has 0 bridgehead atoms. The lowest BCUT2D eigenvalue weighted by atomic mass is 9.93. The fourth-order valence-electron chi connectivity index (χ4n) is 3.54. The summed E-state index contributed by atoms with van der Waals surface area (Å²) in [5.41, 5.74) is 8.98. The lowest BCUT2D eigenvalue weighted by molar-refractivity contribution is 0.930. The molecule has 0 heterocycles. The van der Waals surface area contributed by atoms with Crippen molar-refractivity contribution in [2.75, 3.05) is 5.32 Å². The van der Waals surface area contributed by atoms with Crippen LogP contribution in [0, 0.1) is 13.8 Å². The van der Waals surface area contributed by atoms with Crippen molar-refractivity contribution in [3.63, 3.8) is 0 Å². The molecule has 0 fully saturated rings. The summed E-state index contributed by atoms with van der Waals surface area (Å²) in [6, 6.07) is 23.9. The van der Waals surface area contributed by atoms with Crippen LogP contribution in [-0.4, -0.2) is 0 Å². The zero-order valence-corrected chi connectivity index (χ0v) is 14.1. The van der Waals surface area contributed by atoms with Crippen LogP contribution in [0.2, 0.25) is 0 Å². The van der Waals surface area contributed by atoms with E-state index >= 15 is 0 Å². The molecule has 1 N–H and O–H groups in total. The van der Waals surface area contributed by atoms with Gasteiger partial charge in [-0.05, 0) is 47.2 Å². The van der Waals surface area contributed by atoms with Gasteiger partial charge >= 0.3 is 0 Å². The Kier molecular flexibility index (Phi) is 3.70. The van der Waals surface area contributed by atoms with E-state index in [4.69, 9.17) is 0 Å². The molecule has 3 aromatic carbocycles. The lowest BCUT2D eigenvalue weighted by Crippen LogP contribution is -2.15. The number of para-hydroxylation sites is 1. The molecule has 0 spiro atoms. The lowest BCUT2D eigenvalue weighted by Gasteiger charge is -2.25. The molecule has 24 heavy (non-hydrogen) atoms. The summed E-state index contributed by atoms with van der Waals surface area (Å²) in [6.45, 7) is 4.34. The van der Waals surface area contributed by atoms with Crippen molar-refractivity contribution in [2.24, 2.45) is 0 Å².